The predicted octanol–water partition coefficient (Wildman–Crippen LogP) is 1.61. The van der Waals surface area contributed by atoms with Crippen molar-refractivity contribution in [1.29, 1.82) is 0 Å². The van der Waals surface area contributed by atoms with Crippen LogP contribution in [-0.4, -0.2) is 44.0 Å². The van der Waals surface area contributed by atoms with Gasteiger partial charge in [0, 0.05) is 49.0 Å². The molecule has 4 atom stereocenters. The van der Waals surface area contributed by atoms with Crippen LogP contribution < -0.4 is 5.73 Å². The van der Waals surface area contributed by atoms with Crippen molar-refractivity contribution < 1.29 is 18.1 Å². The lowest BCUT2D eigenvalue weighted by molar-refractivity contribution is -0.0535. The highest BCUT2D eigenvalue weighted by molar-refractivity contribution is 7.90. The van der Waals surface area contributed by atoms with Crippen LogP contribution in [0.5, 0.6) is 0 Å². The van der Waals surface area contributed by atoms with Gasteiger partial charge in [-0.2, -0.15) is 4.98 Å². The molecule has 0 amide bonds. The molecular formula is C18H22F2N4O2S. The number of fused-ring (bicyclic) bond motifs is 1. The summed E-state index contributed by atoms with van der Waals surface area (Å²) in [6, 6.07) is 2.97. The van der Waals surface area contributed by atoms with Crippen LogP contribution in [0.15, 0.2) is 23.4 Å². The highest BCUT2D eigenvalue weighted by Crippen LogP contribution is 2.34. The molecule has 1 aromatic carbocycles. The quantitative estimate of drug-likeness (QED) is 0.798. The Hall–Kier alpha value is -1.52. The molecular weight excluding hydrogens is 374 g/mol. The van der Waals surface area contributed by atoms with Crippen LogP contribution in [0.4, 0.5) is 8.78 Å². The number of hydrogen-bond donors (Lipinski definition) is 1. The van der Waals surface area contributed by atoms with Crippen LogP contribution in [0.2, 0.25) is 0 Å². The van der Waals surface area contributed by atoms with Crippen molar-refractivity contribution in [1.82, 2.24) is 14.5 Å². The largest absolute Gasteiger partial charge is 0.609 e. The van der Waals surface area contributed by atoms with E-state index in [1.165, 1.54) is 0 Å². The van der Waals surface area contributed by atoms with Gasteiger partial charge in [0.05, 0.1) is 18.0 Å². The predicted molar refractivity (Wildman–Crippen MR) is 96.2 cm³/mol. The van der Waals surface area contributed by atoms with Crippen molar-refractivity contribution in [2.24, 2.45) is 12.8 Å². The summed E-state index contributed by atoms with van der Waals surface area (Å²) in [5, 5.41) is 0.581. The topological polar surface area (TPSA) is 79.4 Å². The molecule has 1 fully saturated rings. The highest BCUT2D eigenvalue weighted by Gasteiger charge is 2.38. The first kappa shape index (κ1) is 18.8. The summed E-state index contributed by atoms with van der Waals surface area (Å²) in [6.07, 6.45) is 1.57. The van der Waals surface area contributed by atoms with E-state index in [4.69, 9.17) is 10.5 Å². The number of nitrogens with zero attached hydrogens (tertiary/aromatic N) is 3. The Bertz CT molecular complexity index is 860. The molecule has 0 spiro atoms. The molecule has 2 aliphatic rings. The Morgan fingerprint density at radius 1 is 1.33 bits per heavy atom. The SMILES string of the molecule is Cn1c([S+](C)[O-])nc2c1CN([C@H]1COC(c3cc(F)ccc3F)[C@@H](N)C1)C2. The third kappa shape index (κ3) is 3.38. The normalized spacial score (nSPS) is 27.0. The van der Waals surface area contributed by atoms with Crippen molar-refractivity contribution in [3.63, 3.8) is 0 Å². The van der Waals surface area contributed by atoms with Crippen LogP contribution >= 0.6 is 0 Å². The Morgan fingerprint density at radius 3 is 2.78 bits per heavy atom. The van der Waals surface area contributed by atoms with Crippen molar-refractivity contribution in [2.45, 2.75) is 42.9 Å². The fourth-order valence-corrected chi connectivity index (χ4v) is 4.73. The monoisotopic (exact) mass is 396 g/mol. The van der Waals surface area contributed by atoms with Gasteiger partial charge in [-0.05, 0) is 24.6 Å². The number of imidazole rings is 1. The van der Waals surface area contributed by atoms with Crippen molar-refractivity contribution in [2.75, 3.05) is 12.9 Å². The molecule has 2 N–H and O–H groups in total. The molecule has 0 aliphatic carbocycles. The van der Waals surface area contributed by atoms with Gasteiger partial charge < -0.3 is 15.0 Å². The zero-order chi connectivity index (χ0) is 19.3. The number of rotatable bonds is 3. The molecule has 0 radical (unpaired) electrons. The van der Waals surface area contributed by atoms with Crippen molar-refractivity contribution in [3.05, 3.63) is 46.8 Å². The second-order valence-electron chi connectivity index (χ2n) is 7.18. The maximum Gasteiger partial charge on any atom is 0.323 e. The molecule has 146 valence electrons. The summed E-state index contributed by atoms with van der Waals surface area (Å²) < 4.78 is 47.0. The van der Waals surface area contributed by atoms with Gasteiger partial charge in [0.2, 0.25) is 0 Å². The van der Waals surface area contributed by atoms with E-state index in [0.29, 0.717) is 31.3 Å². The molecule has 4 rings (SSSR count). The van der Waals surface area contributed by atoms with Crippen molar-refractivity contribution in [3.8, 4) is 0 Å². The van der Waals surface area contributed by atoms with Gasteiger partial charge in [-0.25, -0.2) is 8.78 Å². The number of hydrogen-bond acceptors (Lipinski definition) is 5. The van der Waals surface area contributed by atoms with E-state index in [1.54, 1.807) is 6.26 Å². The molecule has 2 aliphatic heterocycles. The highest BCUT2D eigenvalue weighted by atomic mass is 32.2. The van der Waals surface area contributed by atoms with Gasteiger partial charge in [-0.1, -0.05) is 0 Å². The van der Waals surface area contributed by atoms with Gasteiger partial charge in [-0.15, -0.1) is 0 Å². The molecule has 1 saturated heterocycles. The van der Waals surface area contributed by atoms with E-state index in [1.807, 2.05) is 11.6 Å². The summed E-state index contributed by atoms with van der Waals surface area (Å²) in [5.74, 6) is -1.01. The van der Waals surface area contributed by atoms with Gasteiger partial charge in [-0.3, -0.25) is 9.47 Å². The van der Waals surface area contributed by atoms with Crippen LogP contribution in [-0.2, 0) is 36.0 Å². The summed E-state index contributed by atoms with van der Waals surface area (Å²) in [5.41, 5.74) is 8.40. The van der Waals surface area contributed by atoms with Gasteiger partial charge in [0.15, 0.2) is 0 Å². The average molecular weight is 396 g/mol. The maximum absolute atomic E-state index is 14.1. The smallest absolute Gasteiger partial charge is 0.323 e. The Labute approximate surface area is 159 Å². The zero-order valence-electron chi connectivity index (χ0n) is 15.2. The average Bonchev–Trinajstić information content (AvgIpc) is 3.17. The third-order valence-corrected chi connectivity index (χ3v) is 6.28. The lowest BCUT2D eigenvalue weighted by Gasteiger charge is -2.38. The lowest BCUT2D eigenvalue weighted by Crippen LogP contribution is -2.47. The first-order valence-electron chi connectivity index (χ1n) is 8.79. The van der Waals surface area contributed by atoms with Gasteiger partial charge >= 0.3 is 5.16 Å². The fraction of sp³-hybridized carbons (Fsp3) is 0.500. The fourth-order valence-electron chi connectivity index (χ4n) is 4.00. The first-order valence-corrected chi connectivity index (χ1v) is 10.3. The van der Waals surface area contributed by atoms with Gasteiger partial charge in [0.1, 0.15) is 24.0 Å². The zero-order valence-corrected chi connectivity index (χ0v) is 16.0. The van der Waals surface area contributed by atoms with E-state index >= 15 is 0 Å². The summed E-state index contributed by atoms with van der Waals surface area (Å²) in [6.45, 7) is 1.70. The minimum Gasteiger partial charge on any atom is -0.609 e. The minimum atomic E-state index is -1.13. The number of ether oxygens (including phenoxy) is 1. The summed E-state index contributed by atoms with van der Waals surface area (Å²) in [4.78, 5) is 6.72. The Kier molecular flexibility index (Phi) is 4.98. The second kappa shape index (κ2) is 7.14. The molecule has 1 aromatic heterocycles. The number of nitrogens with two attached hydrogens (primary N) is 1. The lowest BCUT2D eigenvalue weighted by atomic mass is 9.93. The molecule has 0 saturated carbocycles. The van der Waals surface area contributed by atoms with E-state index < -0.39 is 35.0 Å². The number of benzene rings is 1. The molecule has 2 aromatic rings. The van der Waals surface area contributed by atoms with E-state index in [-0.39, 0.29) is 11.6 Å². The Balaban J connectivity index is 1.45. The molecule has 3 heterocycles. The molecule has 2 unspecified atom stereocenters. The van der Waals surface area contributed by atoms with Crippen LogP contribution in [0.1, 0.15) is 29.5 Å². The summed E-state index contributed by atoms with van der Waals surface area (Å²) >= 11 is -1.13. The Morgan fingerprint density at radius 2 is 2.11 bits per heavy atom. The van der Waals surface area contributed by atoms with E-state index in [0.717, 1.165) is 29.6 Å². The van der Waals surface area contributed by atoms with Crippen molar-refractivity contribution >= 4 is 11.2 Å². The molecule has 6 nitrogen and oxygen atoms in total. The van der Waals surface area contributed by atoms with Gasteiger partial charge in [0.25, 0.3) is 0 Å². The standard InChI is InChI=1S/C18H22F2N4O2S/c1-23-16-8-24(7-15(16)22-18(23)27(2)25)11-6-14(21)17(26-9-11)12-5-10(19)3-4-13(12)20/h3-5,11,14,17H,6-9,21H2,1-2H3/t11-,14+,17?,27?/m1/s1. The van der Waals surface area contributed by atoms with Crippen LogP contribution in [0.25, 0.3) is 0 Å². The third-order valence-electron chi connectivity index (χ3n) is 5.40. The minimum absolute atomic E-state index is 0.0673. The second-order valence-corrected chi connectivity index (χ2v) is 8.45. The number of aromatic nitrogens is 2. The molecule has 9 heteroatoms. The molecule has 0 bridgehead atoms. The van der Waals surface area contributed by atoms with E-state index in [2.05, 4.69) is 9.88 Å². The number of halogens is 2. The van der Waals surface area contributed by atoms with E-state index in [9.17, 15) is 13.3 Å². The summed E-state index contributed by atoms with van der Waals surface area (Å²) in [7, 11) is 1.87. The van der Waals surface area contributed by atoms with Crippen LogP contribution in [0, 0.1) is 11.6 Å². The van der Waals surface area contributed by atoms with Crippen LogP contribution in [0.3, 0.4) is 0 Å². The maximum atomic E-state index is 14.1. The first-order chi connectivity index (χ1) is 12.8. The molecule has 27 heavy (non-hydrogen) atoms.